The van der Waals surface area contributed by atoms with Crippen molar-refractivity contribution in [1.29, 1.82) is 0 Å². The first-order chi connectivity index (χ1) is 14.7. The van der Waals surface area contributed by atoms with Crippen molar-refractivity contribution < 1.29 is 9.53 Å². The number of hydrogen-bond acceptors (Lipinski definition) is 5. The van der Waals surface area contributed by atoms with E-state index in [0.717, 1.165) is 23.9 Å². The summed E-state index contributed by atoms with van der Waals surface area (Å²) in [4.78, 5) is 33.8. The number of para-hydroxylation sites is 1. The SMILES string of the molecule is O=C(c1cc(=O)[nH]c2ccccc12)N1CCC(COc2ccc3nccn3n2)CC1. The number of imidazole rings is 1. The zero-order chi connectivity index (χ0) is 20.5. The number of rotatable bonds is 4. The van der Waals surface area contributed by atoms with Gasteiger partial charge in [-0.15, -0.1) is 5.10 Å². The van der Waals surface area contributed by atoms with Crippen molar-refractivity contribution in [2.24, 2.45) is 5.92 Å². The van der Waals surface area contributed by atoms with Gasteiger partial charge in [-0.1, -0.05) is 18.2 Å². The van der Waals surface area contributed by atoms with Crippen LogP contribution in [0.25, 0.3) is 16.6 Å². The molecule has 1 aliphatic rings. The van der Waals surface area contributed by atoms with Crippen molar-refractivity contribution in [3.8, 4) is 5.88 Å². The van der Waals surface area contributed by atoms with Crippen LogP contribution in [0.3, 0.4) is 0 Å². The number of carbonyl (C=O) groups excluding carboxylic acids is 1. The molecule has 30 heavy (non-hydrogen) atoms. The Morgan fingerprint density at radius 3 is 2.87 bits per heavy atom. The van der Waals surface area contributed by atoms with Gasteiger partial charge in [0, 0.05) is 48.5 Å². The Hall–Kier alpha value is -3.68. The number of fused-ring (bicyclic) bond motifs is 2. The lowest BCUT2D eigenvalue weighted by Crippen LogP contribution is -2.40. The Kier molecular flexibility index (Phi) is 4.66. The summed E-state index contributed by atoms with van der Waals surface area (Å²) in [5, 5.41) is 5.15. The van der Waals surface area contributed by atoms with Gasteiger partial charge < -0.3 is 14.6 Å². The highest BCUT2D eigenvalue weighted by Crippen LogP contribution is 2.22. The quantitative estimate of drug-likeness (QED) is 0.565. The number of pyridine rings is 1. The molecule has 4 heterocycles. The molecule has 0 saturated carbocycles. The number of H-pyrrole nitrogens is 1. The number of hydrogen-bond donors (Lipinski definition) is 1. The van der Waals surface area contributed by atoms with Crippen molar-refractivity contribution in [2.75, 3.05) is 19.7 Å². The van der Waals surface area contributed by atoms with E-state index in [-0.39, 0.29) is 11.5 Å². The van der Waals surface area contributed by atoms with Gasteiger partial charge in [0.15, 0.2) is 5.65 Å². The largest absolute Gasteiger partial charge is 0.476 e. The molecule has 0 bridgehead atoms. The van der Waals surface area contributed by atoms with E-state index in [0.29, 0.717) is 42.6 Å². The van der Waals surface area contributed by atoms with E-state index in [9.17, 15) is 9.59 Å². The molecule has 3 aromatic heterocycles. The van der Waals surface area contributed by atoms with E-state index < -0.39 is 0 Å². The summed E-state index contributed by atoms with van der Waals surface area (Å²) in [6.45, 7) is 1.84. The molecule has 8 nitrogen and oxygen atoms in total. The van der Waals surface area contributed by atoms with Crippen molar-refractivity contribution in [3.63, 3.8) is 0 Å². The van der Waals surface area contributed by atoms with Crippen LogP contribution in [-0.2, 0) is 0 Å². The number of nitrogens with one attached hydrogen (secondary N) is 1. The summed E-state index contributed by atoms with van der Waals surface area (Å²) in [6.07, 6.45) is 5.17. The topological polar surface area (TPSA) is 92.6 Å². The Balaban J connectivity index is 1.22. The number of benzene rings is 1. The molecule has 1 aromatic carbocycles. The molecule has 5 rings (SSSR count). The second-order valence-corrected chi connectivity index (χ2v) is 7.54. The van der Waals surface area contributed by atoms with Crippen molar-refractivity contribution >= 4 is 22.5 Å². The van der Waals surface area contributed by atoms with Gasteiger partial charge in [0.05, 0.1) is 12.2 Å². The van der Waals surface area contributed by atoms with Crippen molar-refractivity contribution in [2.45, 2.75) is 12.8 Å². The average Bonchev–Trinajstić information content (AvgIpc) is 3.25. The first kappa shape index (κ1) is 18.4. The van der Waals surface area contributed by atoms with Gasteiger partial charge in [-0.3, -0.25) is 9.59 Å². The maximum atomic E-state index is 13.1. The van der Waals surface area contributed by atoms with Crippen molar-refractivity contribution in [1.82, 2.24) is 24.5 Å². The minimum atomic E-state index is -0.261. The van der Waals surface area contributed by atoms with Crippen LogP contribution in [0.2, 0.25) is 0 Å². The van der Waals surface area contributed by atoms with Gasteiger partial charge in [0.25, 0.3) is 5.91 Å². The third-order valence-electron chi connectivity index (χ3n) is 5.58. The Bertz CT molecular complexity index is 1270. The third-order valence-corrected chi connectivity index (χ3v) is 5.58. The molecule has 1 amide bonds. The second-order valence-electron chi connectivity index (χ2n) is 7.54. The minimum absolute atomic E-state index is 0.0936. The standard InChI is InChI=1S/C22H21N5O3/c28-20-13-17(16-3-1-2-4-18(16)24-20)22(29)26-10-7-15(8-11-26)14-30-21-6-5-19-23-9-12-27(19)25-21/h1-6,9,12-13,15H,7-8,10-11,14H2,(H,24,28). The van der Waals surface area contributed by atoms with Crippen LogP contribution in [0.15, 0.2) is 59.7 Å². The van der Waals surface area contributed by atoms with Crippen LogP contribution in [0.5, 0.6) is 5.88 Å². The maximum absolute atomic E-state index is 13.1. The minimum Gasteiger partial charge on any atom is -0.476 e. The van der Waals surface area contributed by atoms with E-state index in [1.54, 1.807) is 16.9 Å². The van der Waals surface area contributed by atoms with E-state index >= 15 is 0 Å². The van der Waals surface area contributed by atoms with Crippen molar-refractivity contribution in [3.05, 3.63) is 70.8 Å². The maximum Gasteiger partial charge on any atom is 0.254 e. The molecular weight excluding hydrogens is 382 g/mol. The molecule has 0 aliphatic carbocycles. The zero-order valence-corrected chi connectivity index (χ0v) is 16.3. The molecule has 1 saturated heterocycles. The van der Waals surface area contributed by atoms with Gasteiger partial charge in [-0.25, -0.2) is 9.50 Å². The Morgan fingerprint density at radius 1 is 1.17 bits per heavy atom. The molecule has 0 unspecified atom stereocenters. The molecule has 0 radical (unpaired) electrons. The van der Waals surface area contributed by atoms with Crippen LogP contribution in [0, 0.1) is 5.92 Å². The predicted molar refractivity (Wildman–Crippen MR) is 112 cm³/mol. The molecule has 1 fully saturated rings. The summed E-state index contributed by atoms with van der Waals surface area (Å²) >= 11 is 0. The number of aromatic nitrogens is 4. The van der Waals surface area contributed by atoms with Gasteiger partial charge in [-0.05, 0) is 30.9 Å². The second kappa shape index (κ2) is 7.62. The molecule has 4 aromatic rings. The third kappa shape index (κ3) is 3.52. The molecule has 1 aliphatic heterocycles. The monoisotopic (exact) mass is 403 g/mol. The lowest BCUT2D eigenvalue weighted by atomic mass is 9.97. The molecule has 152 valence electrons. The van der Waals surface area contributed by atoms with E-state index in [1.165, 1.54) is 6.07 Å². The van der Waals surface area contributed by atoms with Gasteiger partial charge in [0.1, 0.15) is 0 Å². The van der Waals surface area contributed by atoms with Crippen LogP contribution in [-0.4, -0.2) is 50.1 Å². The first-order valence-electron chi connectivity index (χ1n) is 10.0. The number of piperidine rings is 1. The van der Waals surface area contributed by atoms with Crippen LogP contribution in [0.1, 0.15) is 23.2 Å². The molecule has 0 spiro atoms. The fraction of sp³-hybridized carbons (Fsp3) is 0.273. The van der Waals surface area contributed by atoms with E-state index in [2.05, 4.69) is 15.1 Å². The Morgan fingerprint density at radius 2 is 2.00 bits per heavy atom. The molecule has 8 heteroatoms. The number of carbonyl (C=O) groups is 1. The highest BCUT2D eigenvalue weighted by molar-refractivity contribution is 6.05. The van der Waals surface area contributed by atoms with E-state index in [1.807, 2.05) is 41.3 Å². The fourth-order valence-electron chi connectivity index (χ4n) is 3.93. The van der Waals surface area contributed by atoms with Crippen LogP contribution >= 0.6 is 0 Å². The summed E-state index contributed by atoms with van der Waals surface area (Å²) < 4.78 is 7.55. The number of nitrogens with zero attached hydrogens (tertiary/aromatic N) is 4. The highest BCUT2D eigenvalue weighted by Gasteiger charge is 2.25. The number of ether oxygens (including phenoxy) is 1. The van der Waals surface area contributed by atoms with Gasteiger partial charge in [-0.2, -0.15) is 0 Å². The summed E-state index contributed by atoms with van der Waals surface area (Å²) in [7, 11) is 0. The smallest absolute Gasteiger partial charge is 0.254 e. The lowest BCUT2D eigenvalue weighted by Gasteiger charge is -2.32. The average molecular weight is 403 g/mol. The number of amides is 1. The number of likely N-dealkylation sites (tertiary alicyclic amines) is 1. The molecule has 0 atom stereocenters. The highest BCUT2D eigenvalue weighted by atomic mass is 16.5. The predicted octanol–water partition coefficient (Wildman–Crippen LogP) is 2.50. The normalized spacial score (nSPS) is 15.0. The molecule has 1 N–H and O–H groups in total. The van der Waals surface area contributed by atoms with E-state index in [4.69, 9.17) is 4.74 Å². The first-order valence-corrected chi connectivity index (χ1v) is 10.0. The lowest BCUT2D eigenvalue weighted by molar-refractivity contribution is 0.0660. The fourth-order valence-corrected chi connectivity index (χ4v) is 3.93. The Labute approximate surface area is 172 Å². The summed E-state index contributed by atoms with van der Waals surface area (Å²) in [5.41, 5.74) is 1.66. The zero-order valence-electron chi connectivity index (χ0n) is 16.3. The summed E-state index contributed by atoms with van der Waals surface area (Å²) in [6, 6.07) is 12.5. The summed E-state index contributed by atoms with van der Waals surface area (Å²) in [5.74, 6) is 0.822. The van der Waals surface area contributed by atoms with Crippen LogP contribution < -0.4 is 10.3 Å². The van der Waals surface area contributed by atoms with Gasteiger partial charge >= 0.3 is 0 Å². The van der Waals surface area contributed by atoms with Gasteiger partial charge in [0.2, 0.25) is 11.4 Å². The van der Waals surface area contributed by atoms with Crippen LogP contribution in [0.4, 0.5) is 0 Å². The number of aromatic amines is 1. The molecular formula is C22H21N5O3.